The van der Waals surface area contributed by atoms with Crippen LogP contribution in [0.25, 0.3) is 0 Å². The van der Waals surface area contributed by atoms with E-state index in [2.05, 4.69) is 0 Å². The lowest BCUT2D eigenvalue weighted by atomic mass is 9.91. The van der Waals surface area contributed by atoms with Crippen molar-refractivity contribution in [3.05, 3.63) is 34.6 Å². The van der Waals surface area contributed by atoms with Crippen LogP contribution in [0.4, 0.5) is 4.39 Å². The molecule has 0 heterocycles. The van der Waals surface area contributed by atoms with Crippen LogP contribution in [-0.2, 0) is 6.42 Å². The first-order chi connectivity index (χ1) is 7.38. The summed E-state index contributed by atoms with van der Waals surface area (Å²) in [6.45, 7) is 3.29. The fraction of sp³-hybridized carbons (Fsp3) is 0.500. The molecule has 90 valence electrons. The Balaban J connectivity index is 2.85. The number of aliphatic hydroxyl groups excluding tert-OH is 1. The van der Waals surface area contributed by atoms with Crippen LogP contribution in [0.3, 0.4) is 0 Å². The van der Waals surface area contributed by atoms with E-state index in [1.54, 1.807) is 19.1 Å². The molecule has 2 atom stereocenters. The molecule has 2 nitrogen and oxygen atoms in total. The molecule has 1 aromatic carbocycles. The minimum absolute atomic E-state index is 0.0286. The van der Waals surface area contributed by atoms with Gasteiger partial charge in [-0.05, 0) is 25.0 Å². The first-order valence-corrected chi connectivity index (χ1v) is 5.59. The summed E-state index contributed by atoms with van der Waals surface area (Å²) < 4.78 is 13.5. The maximum atomic E-state index is 13.5. The Labute approximate surface area is 99.7 Å². The highest BCUT2D eigenvalue weighted by Gasteiger charge is 2.29. The van der Waals surface area contributed by atoms with E-state index in [0.29, 0.717) is 12.0 Å². The molecule has 0 aromatic heterocycles. The van der Waals surface area contributed by atoms with Crippen molar-refractivity contribution >= 4 is 11.6 Å². The summed E-state index contributed by atoms with van der Waals surface area (Å²) in [4.78, 5) is 0. The van der Waals surface area contributed by atoms with Gasteiger partial charge in [0.25, 0.3) is 0 Å². The smallest absolute Gasteiger partial charge is 0.145 e. The maximum absolute atomic E-state index is 13.5. The van der Waals surface area contributed by atoms with Crippen molar-refractivity contribution in [2.24, 2.45) is 0 Å². The fourth-order valence-electron chi connectivity index (χ4n) is 1.37. The summed E-state index contributed by atoms with van der Waals surface area (Å²) in [5.41, 5.74) is -0.900. The average molecular weight is 247 g/mol. The van der Waals surface area contributed by atoms with Gasteiger partial charge in [-0.1, -0.05) is 30.7 Å². The number of aliphatic hydroxyl groups is 2. The average Bonchev–Trinajstić information content (AvgIpc) is 2.24. The Bertz CT molecular complexity index is 366. The second kappa shape index (κ2) is 5.13. The van der Waals surface area contributed by atoms with Gasteiger partial charge in [-0.2, -0.15) is 0 Å². The Kier molecular flexibility index (Phi) is 4.30. The molecule has 16 heavy (non-hydrogen) atoms. The summed E-state index contributed by atoms with van der Waals surface area (Å²) >= 11 is 5.63. The molecule has 0 radical (unpaired) electrons. The summed E-state index contributed by atoms with van der Waals surface area (Å²) in [6, 6.07) is 4.62. The minimum atomic E-state index is -1.21. The van der Waals surface area contributed by atoms with Crippen LogP contribution in [0.5, 0.6) is 0 Å². The maximum Gasteiger partial charge on any atom is 0.145 e. The van der Waals surface area contributed by atoms with Crippen LogP contribution in [0, 0.1) is 5.82 Å². The molecule has 0 saturated carbocycles. The van der Waals surface area contributed by atoms with Crippen LogP contribution in [0.1, 0.15) is 25.8 Å². The predicted molar refractivity (Wildman–Crippen MR) is 62.0 cm³/mol. The molecule has 4 heteroatoms. The van der Waals surface area contributed by atoms with Crippen molar-refractivity contribution < 1.29 is 14.6 Å². The van der Waals surface area contributed by atoms with E-state index >= 15 is 0 Å². The van der Waals surface area contributed by atoms with E-state index in [1.165, 1.54) is 13.0 Å². The summed E-state index contributed by atoms with van der Waals surface area (Å²) in [7, 11) is 0. The summed E-state index contributed by atoms with van der Waals surface area (Å²) in [5.74, 6) is -0.532. The lowest BCUT2D eigenvalue weighted by Crippen LogP contribution is -2.40. The van der Waals surface area contributed by atoms with Crippen molar-refractivity contribution in [3.63, 3.8) is 0 Å². The molecule has 0 saturated heterocycles. The molecule has 0 aliphatic rings. The van der Waals surface area contributed by atoms with Gasteiger partial charge in [-0.15, -0.1) is 0 Å². The minimum Gasteiger partial charge on any atom is -0.390 e. The standard InChI is InChI=1S/C12H16ClFO2/c1-3-12(2,16)10(15)7-8-5-4-6-9(13)11(8)14/h4-6,10,15-16H,3,7H2,1-2H3. The molecule has 0 aliphatic carbocycles. The molecular weight excluding hydrogens is 231 g/mol. The van der Waals surface area contributed by atoms with Crippen LogP contribution in [0.15, 0.2) is 18.2 Å². The Hall–Kier alpha value is -0.640. The van der Waals surface area contributed by atoms with Crippen LogP contribution < -0.4 is 0 Å². The van der Waals surface area contributed by atoms with Crippen molar-refractivity contribution in [2.45, 2.75) is 38.4 Å². The van der Waals surface area contributed by atoms with Gasteiger partial charge in [0, 0.05) is 6.42 Å². The number of hydrogen-bond acceptors (Lipinski definition) is 2. The van der Waals surface area contributed by atoms with Crippen molar-refractivity contribution in [1.29, 1.82) is 0 Å². The van der Waals surface area contributed by atoms with E-state index < -0.39 is 17.5 Å². The highest BCUT2D eigenvalue weighted by atomic mass is 35.5. The predicted octanol–water partition coefficient (Wildman–Crippen LogP) is 2.54. The molecule has 1 aromatic rings. The first-order valence-electron chi connectivity index (χ1n) is 5.21. The van der Waals surface area contributed by atoms with Gasteiger partial charge >= 0.3 is 0 Å². The molecule has 0 aliphatic heterocycles. The Morgan fingerprint density at radius 1 is 1.50 bits per heavy atom. The summed E-state index contributed by atoms with van der Waals surface area (Å²) in [5, 5.41) is 19.6. The van der Waals surface area contributed by atoms with Gasteiger partial charge in [-0.25, -0.2) is 4.39 Å². The zero-order chi connectivity index (χ0) is 12.3. The normalized spacial score (nSPS) is 16.9. The lowest BCUT2D eigenvalue weighted by Gasteiger charge is -2.27. The zero-order valence-electron chi connectivity index (χ0n) is 9.37. The Morgan fingerprint density at radius 3 is 2.69 bits per heavy atom. The molecule has 0 amide bonds. The van der Waals surface area contributed by atoms with Crippen molar-refractivity contribution in [3.8, 4) is 0 Å². The lowest BCUT2D eigenvalue weighted by molar-refractivity contribution is -0.0632. The van der Waals surface area contributed by atoms with Crippen LogP contribution in [0.2, 0.25) is 5.02 Å². The van der Waals surface area contributed by atoms with E-state index in [-0.39, 0.29) is 11.4 Å². The van der Waals surface area contributed by atoms with Crippen LogP contribution >= 0.6 is 11.6 Å². The molecule has 2 unspecified atom stereocenters. The van der Waals surface area contributed by atoms with Gasteiger partial charge < -0.3 is 10.2 Å². The van der Waals surface area contributed by atoms with E-state index in [1.807, 2.05) is 0 Å². The first kappa shape index (κ1) is 13.4. The fourth-order valence-corrected chi connectivity index (χ4v) is 1.56. The number of hydrogen-bond donors (Lipinski definition) is 2. The van der Waals surface area contributed by atoms with E-state index in [9.17, 15) is 14.6 Å². The Morgan fingerprint density at radius 2 is 2.12 bits per heavy atom. The second-order valence-corrected chi connectivity index (χ2v) is 4.55. The number of rotatable bonds is 4. The molecule has 1 rings (SSSR count). The topological polar surface area (TPSA) is 40.5 Å². The van der Waals surface area contributed by atoms with Crippen LogP contribution in [-0.4, -0.2) is 21.9 Å². The van der Waals surface area contributed by atoms with Gasteiger partial charge in [-0.3, -0.25) is 0 Å². The van der Waals surface area contributed by atoms with Crippen molar-refractivity contribution in [2.75, 3.05) is 0 Å². The highest BCUT2D eigenvalue weighted by molar-refractivity contribution is 6.30. The SMILES string of the molecule is CCC(C)(O)C(O)Cc1cccc(Cl)c1F. The molecule has 2 N–H and O–H groups in total. The van der Waals surface area contributed by atoms with E-state index in [0.717, 1.165) is 0 Å². The van der Waals surface area contributed by atoms with Gasteiger partial charge in [0.2, 0.25) is 0 Å². The van der Waals surface area contributed by atoms with Gasteiger partial charge in [0.15, 0.2) is 0 Å². The van der Waals surface area contributed by atoms with Gasteiger partial charge in [0.1, 0.15) is 5.82 Å². The third-order valence-electron chi connectivity index (χ3n) is 2.88. The third kappa shape index (κ3) is 2.94. The third-order valence-corrected chi connectivity index (χ3v) is 3.17. The summed E-state index contributed by atoms with van der Waals surface area (Å²) in [6.07, 6.45) is -0.561. The monoisotopic (exact) mass is 246 g/mol. The zero-order valence-corrected chi connectivity index (χ0v) is 10.1. The number of benzene rings is 1. The molecular formula is C12H16ClFO2. The highest BCUT2D eigenvalue weighted by Crippen LogP contribution is 2.23. The second-order valence-electron chi connectivity index (χ2n) is 4.14. The molecule has 0 spiro atoms. The van der Waals surface area contributed by atoms with E-state index in [4.69, 9.17) is 11.6 Å². The van der Waals surface area contributed by atoms with Crippen molar-refractivity contribution in [1.82, 2.24) is 0 Å². The largest absolute Gasteiger partial charge is 0.390 e. The molecule has 0 fully saturated rings. The van der Waals surface area contributed by atoms with Gasteiger partial charge in [0.05, 0.1) is 16.7 Å². The molecule has 0 bridgehead atoms. The quantitative estimate of drug-likeness (QED) is 0.857. The number of halogens is 2.